The van der Waals surface area contributed by atoms with Gasteiger partial charge in [-0.2, -0.15) is 0 Å². The number of methoxy groups -OCH3 is 1. The molecule has 0 amide bonds. The largest absolute Gasteiger partial charge is 0.496 e. The lowest BCUT2D eigenvalue weighted by Crippen LogP contribution is -2.40. The molecule has 94 valence electrons. The van der Waals surface area contributed by atoms with Crippen LogP contribution in [0.25, 0.3) is 0 Å². The zero-order valence-corrected chi connectivity index (χ0v) is 10.5. The molecule has 0 fully saturated rings. The zero-order chi connectivity index (χ0) is 13.2. The fraction of sp³-hybridized carbons (Fsp3) is 0.462. The van der Waals surface area contributed by atoms with E-state index in [-0.39, 0.29) is 0 Å². The Morgan fingerprint density at radius 1 is 1.41 bits per heavy atom. The summed E-state index contributed by atoms with van der Waals surface area (Å²) in [6.07, 6.45) is -1.47. The molecular weight excluding hydrogens is 220 g/mol. The molecule has 1 aromatic carbocycles. The van der Waals surface area contributed by atoms with Gasteiger partial charge in [0.25, 0.3) is 0 Å². The number of aryl methyl sites for hydroxylation is 1. The predicted octanol–water partition coefficient (Wildman–Crippen LogP) is 1.73. The van der Waals surface area contributed by atoms with Gasteiger partial charge in [-0.1, -0.05) is 26.0 Å². The van der Waals surface area contributed by atoms with E-state index >= 15 is 0 Å². The highest BCUT2D eigenvalue weighted by Crippen LogP contribution is 2.36. The van der Waals surface area contributed by atoms with Crippen molar-refractivity contribution in [3.8, 4) is 5.75 Å². The van der Waals surface area contributed by atoms with Crippen molar-refractivity contribution in [1.29, 1.82) is 0 Å². The quantitative estimate of drug-likeness (QED) is 0.838. The standard InChI is InChI=1S/C13H18O4/c1-8-6-5-7-9(17-4)10(8)13(2,3)11(14)12(15)16/h5-7,11,14H,1-4H3,(H,15,16). The van der Waals surface area contributed by atoms with Crippen molar-refractivity contribution < 1.29 is 19.7 Å². The van der Waals surface area contributed by atoms with Crippen LogP contribution in [0.5, 0.6) is 5.75 Å². The predicted molar refractivity (Wildman–Crippen MR) is 64.4 cm³/mol. The molecule has 1 aromatic rings. The number of aliphatic hydroxyl groups excluding tert-OH is 1. The maximum absolute atomic E-state index is 10.9. The van der Waals surface area contributed by atoms with Gasteiger partial charge in [-0.3, -0.25) is 0 Å². The lowest BCUT2D eigenvalue weighted by molar-refractivity contribution is -0.150. The molecule has 0 spiro atoms. The second-order valence-electron chi connectivity index (χ2n) is 4.61. The fourth-order valence-electron chi connectivity index (χ4n) is 2.08. The van der Waals surface area contributed by atoms with Crippen LogP contribution < -0.4 is 4.74 Å². The zero-order valence-electron chi connectivity index (χ0n) is 10.5. The van der Waals surface area contributed by atoms with Gasteiger partial charge in [-0.15, -0.1) is 0 Å². The van der Waals surface area contributed by atoms with E-state index < -0.39 is 17.5 Å². The van der Waals surface area contributed by atoms with Crippen molar-refractivity contribution in [2.24, 2.45) is 0 Å². The van der Waals surface area contributed by atoms with Crippen LogP contribution in [-0.4, -0.2) is 29.4 Å². The average molecular weight is 238 g/mol. The molecule has 0 saturated heterocycles. The van der Waals surface area contributed by atoms with Crippen molar-refractivity contribution in [1.82, 2.24) is 0 Å². The summed E-state index contributed by atoms with van der Waals surface area (Å²) >= 11 is 0. The third kappa shape index (κ3) is 2.42. The number of carboxylic acids is 1. The number of carboxylic acid groups (broad SMARTS) is 1. The van der Waals surface area contributed by atoms with E-state index in [0.717, 1.165) is 11.1 Å². The van der Waals surface area contributed by atoms with Gasteiger partial charge in [0.2, 0.25) is 0 Å². The number of ether oxygens (including phenoxy) is 1. The highest BCUT2D eigenvalue weighted by Gasteiger charge is 2.38. The van der Waals surface area contributed by atoms with E-state index in [2.05, 4.69) is 0 Å². The van der Waals surface area contributed by atoms with Crippen LogP contribution in [0.1, 0.15) is 25.0 Å². The lowest BCUT2D eigenvalue weighted by Gasteiger charge is -2.31. The number of hydrogen-bond donors (Lipinski definition) is 2. The highest BCUT2D eigenvalue weighted by atomic mass is 16.5. The summed E-state index contributed by atoms with van der Waals surface area (Å²) in [5.41, 5.74) is 0.703. The van der Waals surface area contributed by atoms with E-state index in [1.165, 1.54) is 7.11 Å². The van der Waals surface area contributed by atoms with Gasteiger partial charge in [0.1, 0.15) is 5.75 Å². The summed E-state index contributed by atoms with van der Waals surface area (Å²) in [4.78, 5) is 10.9. The molecule has 1 atom stereocenters. The van der Waals surface area contributed by atoms with Crippen LogP contribution in [0.2, 0.25) is 0 Å². The molecule has 1 unspecified atom stereocenters. The Morgan fingerprint density at radius 2 is 2.00 bits per heavy atom. The second kappa shape index (κ2) is 4.75. The third-order valence-corrected chi connectivity index (χ3v) is 3.02. The number of aliphatic hydroxyl groups is 1. The molecular formula is C13H18O4. The van der Waals surface area contributed by atoms with E-state index in [1.807, 2.05) is 19.1 Å². The number of hydrogen-bond acceptors (Lipinski definition) is 3. The Labute approximate surface area is 101 Å². The van der Waals surface area contributed by atoms with Crippen LogP contribution in [-0.2, 0) is 10.2 Å². The molecule has 0 aliphatic heterocycles. The van der Waals surface area contributed by atoms with Gasteiger partial charge in [-0.25, -0.2) is 4.79 Å². The Morgan fingerprint density at radius 3 is 2.47 bits per heavy atom. The maximum Gasteiger partial charge on any atom is 0.333 e. The summed E-state index contributed by atoms with van der Waals surface area (Å²) in [7, 11) is 1.53. The molecule has 2 N–H and O–H groups in total. The van der Waals surface area contributed by atoms with Crippen molar-refractivity contribution in [3.05, 3.63) is 29.3 Å². The van der Waals surface area contributed by atoms with Crippen LogP contribution in [0, 0.1) is 6.92 Å². The molecule has 4 nitrogen and oxygen atoms in total. The van der Waals surface area contributed by atoms with E-state index in [9.17, 15) is 9.90 Å². The van der Waals surface area contributed by atoms with Crippen molar-refractivity contribution in [3.63, 3.8) is 0 Å². The molecule has 17 heavy (non-hydrogen) atoms. The van der Waals surface area contributed by atoms with Crippen molar-refractivity contribution in [2.75, 3.05) is 7.11 Å². The number of benzene rings is 1. The van der Waals surface area contributed by atoms with Crippen LogP contribution in [0.3, 0.4) is 0 Å². The number of rotatable bonds is 4. The van der Waals surface area contributed by atoms with Gasteiger partial charge in [-0.05, 0) is 18.6 Å². The number of aliphatic carboxylic acids is 1. The Bertz CT molecular complexity index is 423. The topological polar surface area (TPSA) is 66.8 Å². The van der Waals surface area contributed by atoms with Crippen LogP contribution >= 0.6 is 0 Å². The van der Waals surface area contributed by atoms with Crippen LogP contribution in [0.15, 0.2) is 18.2 Å². The Kier molecular flexibility index (Phi) is 3.78. The molecule has 0 radical (unpaired) electrons. The van der Waals surface area contributed by atoms with Crippen LogP contribution in [0.4, 0.5) is 0 Å². The monoisotopic (exact) mass is 238 g/mol. The first-order chi connectivity index (χ1) is 7.82. The van der Waals surface area contributed by atoms with Gasteiger partial charge in [0.05, 0.1) is 7.11 Å². The molecule has 0 aromatic heterocycles. The van der Waals surface area contributed by atoms with Gasteiger partial charge in [0.15, 0.2) is 6.10 Å². The molecule has 4 heteroatoms. The summed E-state index contributed by atoms with van der Waals surface area (Å²) in [5, 5.41) is 18.7. The molecule has 0 aliphatic carbocycles. The minimum absolute atomic E-state index is 0.593. The Balaban J connectivity index is 3.36. The van der Waals surface area contributed by atoms with Gasteiger partial charge >= 0.3 is 5.97 Å². The summed E-state index contributed by atoms with van der Waals surface area (Å²) in [5.74, 6) is -0.643. The first kappa shape index (κ1) is 13.5. The smallest absolute Gasteiger partial charge is 0.333 e. The fourth-order valence-corrected chi connectivity index (χ4v) is 2.08. The third-order valence-electron chi connectivity index (χ3n) is 3.02. The molecule has 0 bridgehead atoms. The highest BCUT2D eigenvalue weighted by molar-refractivity contribution is 5.75. The molecule has 0 saturated carbocycles. The minimum atomic E-state index is -1.47. The number of carbonyl (C=O) groups is 1. The summed E-state index contributed by atoms with van der Waals surface area (Å²) in [6, 6.07) is 5.47. The molecule has 1 rings (SSSR count). The first-order valence-electron chi connectivity index (χ1n) is 5.37. The molecule has 0 heterocycles. The van der Waals surface area contributed by atoms with Gasteiger partial charge < -0.3 is 14.9 Å². The van der Waals surface area contributed by atoms with Crippen molar-refractivity contribution in [2.45, 2.75) is 32.3 Å². The van der Waals surface area contributed by atoms with E-state index in [4.69, 9.17) is 9.84 Å². The molecule has 0 aliphatic rings. The Hall–Kier alpha value is -1.55. The maximum atomic E-state index is 10.9. The minimum Gasteiger partial charge on any atom is -0.496 e. The van der Waals surface area contributed by atoms with Gasteiger partial charge in [0, 0.05) is 11.0 Å². The summed E-state index contributed by atoms with van der Waals surface area (Å²) in [6.45, 7) is 5.25. The van der Waals surface area contributed by atoms with Crippen molar-refractivity contribution >= 4 is 5.97 Å². The second-order valence-corrected chi connectivity index (χ2v) is 4.61. The normalized spacial score (nSPS) is 13.2. The summed E-state index contributed by atoms with van der Waals surface area (Å²) < 4.78 is 5.24. The average Bonchev–Trinajstić information content (AvgIpc) is 2.26. The lowest BCUT2D eigenvalue weighted by atomic mass is 9.76. The van der Waals surface area contributed by atoms with E-state index in [1.54, 1.807) is 19.9 Å². The first-order valence-corrected chi connectivity index (χ1v) is 5.37. The SMILES string of the molecule is COc1cccc(C)c1C(C)(C)C(O)C(=O)O. The van der Waals surface area contributed by atoms with E-state index in [0.29, 0.717) is 5.75 Å².